The zero-order chi connectivity index (χ0) is 20.6. The van der Waals surface area contributed by atoms with E-state index in [0.29, 0.717) is 22.6 Å². The number of benzene rings is 2. The van der Waals surface area contributed by atoms with Crippen molar-refractivity contribution in [3.8, 4) is 23.0 Å². The van der Waals surface area contributed by atoms with Crippen molar-refractivity contribution in [1.82, 2.24) is 14.5 Å². The Labute approximate surface area is 166 Å². The first kappa shape index (κ1) is 18.9. The lowest BCUT2D eigenvalue weighted by molar-refractivity contribution is 0.102. The number of amides is 1. The van der Waals surface area contributed by atoms with Crippen molar-refractivity contribution in [1.29, 1.82) is 0 Å². The van der Waals surface area contributed by atoms with Gasteiger partial charge in [0, 0.05) is 25.2 Å². The van der Waals surface area contributed by atoms with Crippen LogP contribution in [0.15, 0.2) is 51.8 Å². The summed E-state index contributed by atoms with van der Waals surface area (Å²) in [6.45, 7) is 0.113. The van der Waals surface area contributed by atoms with Crippen molar-refractivity contribution in [2.45, 2.75) is 4.90 Å². The van der Waals surface area contributed by atoms with Gasteiger partial charge in [0.15, 0.2) is 11.5 Å². The summed E-state index contributed by atoms with van der Waals surface area (Å²) in [6.07, 6.45) is 0. The fourth-order valence-electron chi connectivity index (χ4n) is 2.58. The van der Waals surface area contributed by atoms with Gasteiger partial charge in [-0.05, 0) is 42.5 Å². The third-order valence-electron chi connectivity index (χ3n) is 4.16. The molecular formula is C18H16N4O6S. The molecule has 0 atom stereocenters. The maximum atomic E-state index is 12.4. The average molecular weight is 416 g/mol. The van der Waals surface area contributed by atoms with Crippen LogP contribution in [0, 0.1) is 0 Å². The lowest BCUT2D eigenvalue weighted by Gasteiger charge is -2.11. The molecule has 150 valence electrons. The van der Waals surface area contributed by atoms with Gasteiger partial charge in [-0.3, -0.25) is 10.1 Å². The zero-order valence-corrected chi connectivity index (χ0v) is 16.3. The summed E-state index contributed by atoms with van der Waals surface area (Å²) in [5.41, 5.74) is 0.853. The smallest absolute Gasteiger partial charge is 0.322 e. The largest absolute Gasteiger partial charge is 0.454 e. The van der Waals surface area contributed by atoms with Gasteiger partial charge in [0.25, 0.3) is 5.91 Å². The van der Waals surface area contributed by atoms with Gasteiger partial charge in [-0.25, -0.2) is 12.7 Å². The molecule has 0 unspecified atom stereocenters. The number of carbonyl (C=O) groups is 1. The lowest BCUT2D eigenvalue weighted by atomic mass is 10.2. The molecule has 10 nitrogen and oxygen atoms in total. The van der Waals surface area contributed by atoms with E-state index in [2.05, 4.69) is 15.5 Å². The Morgan fingerprint density at radius 3 is 2.48 bits per heavy atom. The van der Waals surface area contributed by atoms with Gasteiger partial charge in [0.1, 0.15) is 0 Å². The number of fused-ring (bicyclic) bond motifs is 1. The van der Waals surface area contributed by atoms with Crippen molar-refractivity contribution in [2.24, 2.45) is 0 Å². The Hall–Kier alpha value is -3.44. The average Bonchev–Trinajstić information content (AvgIpc) is 3.36. The van der Waals surface area contributed by atoms with E-state index in [9.17, 15) is 13.2 Å². The Kier molecular flexibility index (Phi) is 4.68. The molecule has 11 heteroatoms. The quantitative estimate of drug-likeness (QED) is 0.669. The van der Waals surface area contributed by atoms with Gasteiger partial charge < -0.3 is 13.9 Å². The molecule has 3 aromatic rings. The van der Waals surface area contributed by atoms with Crippen LogP contribution >= 0.6 is 0 Å². The van der Waals surface area contributed by atoms with Crippen molar-refractivity contribution in [3.63, 3.8) is 0 Å². The maximum Gasteiger partial charge on any atom is 0.322 e. The summed E-state index contributed by atoms with van der Waals surface area (Å²) in [5, 5.41) is 10.2. The molecule has 29 heavy (non-hydrogen) atoms. The second-order valence-corrected chi connectivity index (χ2v) is 8.40. The van der Waals surface area contributed by atoms with Gasteiger partial charge in [0.05, 0.1) is 4.90 Å². The fourth-order valence-corrected chi connectivity index (χ4v) is 3.48. The molecule has 0 saturated carbocycles. The van der Waals surface area contributed by atoms with Crippen LogP contribution < -0.4 is 14.8 Å². The van der Waals surface area contributed by atoms with E-state index in [1.807, 2.05) is 0 Å². The first-order valence-electron chi connectivity index (χ1n) is 8.42. The highest BCUT2D eigenvalue weighted by Crippen LogP contribution is 2.32. The second-order valence-electron chi connectivity index (χ2n) is 6.25. The molecule has 0 radical (unpaired) electrons. The molecule has 1 N–H and O–H groups in total. The molecule has 4 rings (SSSR count). The number of carbonyl (C=O) groups excluding carboxylic acids is 1. The monoisotopic (exact) mass is 416 g/mol. The number of nitrogens with zero attached hydrogens (tertiary/aromatic N) is 3. The summed E-state index contributed by atoms with van der Waals surface area (Å²) in [6, 6.07) is 10.7. The number of aromatic nitrogens is 2. The first-order valence-corrected chi connectivity index (χ1v) is 9.86. The van der Waals surface area contributed by atoms with Gasteiger partial charge >= 0.3 is 6.01 Å². The normalized spacial score (nSPS) is 12.9. The minimum Gasteiger partial charge on any atom is -0.454 e. The van der Waals surface area contributed by atoms with E-state index in [4.69, 9.17) is 13.9 Å². The topological polar surface area (TPSA) is 124 Å². The third-order valence-corrected chi connectivity index (χ3v) is 5.99. The van der Waals surface area contributed by atoms with E-state index in [1.54, 1.807) is 30.3 Å². The number of nitrogens with one attached hydrogen (secondary N) is 1. The molecule has 1 aliphatic heterocycles. The zero-order valence-electron chi connectivity index (χ0n) is 15.4. The Morgan fingerprint density at radius 1 is 1.03 bits per heavy atom. The van der Waals surface area contributed by atoms with Crippen LogP contribution in [0.2, 0.25) is 0 Å². The van der Waals surface area contributed by atoms with Crippen LogP contribution in [0.5, 0.6) is 11.5 Å². The number of ether oxygens (including phenoxy) is 2. The van der Waals surface area contributed by atoms with E-state index in [0.717, 1.165) is 4.31 Å². The SMILES string of the molecule is CN(C)S(=O)(=O)c1ccc(-c2nnc(NC(=O)c3ccc4c(c3)OCO4)o2)cc1. The predicted molar refractivity (Wildman–Crippen MR) is 101 cm³/mol. The molecule has 2 heterocycles. The van der Waals surface area contributed by atoms with Crippen LogP contribution in [-0.4, -0.2) is 49.7 Å². The van der Waals surface area contributed by atoms with Crippen molar-refractivity contribution in [3.05, 3.63) is 48.0 Å². The molecule has 0 aliphatic carbocycles. The number of sulfonamides is 1. The van der Waals surface area contributed by atoms with E-state index in [-0.39, 0.29) is 23.6 Å². The van der Waals surface area contributed by atoms with Gasteiger partial charge in [-0.2, -0.15) is 0 Å². The summed E-state index contributed by atoms with van der Waals surface area (Å²) < 4.78 is 41.3. The van der Waals surface area contributed by atoms with E-state index < -0.39 is 15.9 Å². The molecular weight excluding hydrogens is 400 g/mol. The lowest BCUT2D eigenvalue weighted by Crippen LogP contribution is -2.22. The molecule has 1 amide bonds. The Bertz CT molecular complexity index is 1170. The summed E-state index contributed by atoms with van der Waals surface area (Å²) in [4.78, 5) is 12.5. The third kappa shape index (κ3) is 3.65. The van der Waals surface area contributed by atoms with E-state index >= 15 is 0 Å². The molecule has 0 fully saturated rings. The minimum absolute atomic E-state index is 0.0901. The summed E-state index contributed by atoms with van der Waals surface area (Å²) in [5.74, 6) is 0.740. The van der Waals surface area contributed by atoms with Crippen LogP contribution in [0.25, 0.3) is 11.5 Å². The highest BCUT2D eigenvalue weighted by molar-refractivity contribution is 7.89. The molecule has 2 aromatic carbocycles. The van der Waals surface area contributed by atoms with Crippen LogP contribution in [0.4, 0.5) is 6.01 Å². The van der Waals surface area contributed by atoms with Crippen molar-refractivity contribution in [2.75, 3.05) is 26.2 Å². The van der Waals surface area contributed by atoms with Crippen molar-refractivity contribution < 1.29 is 27.1 Å². The fraction of sp³-hybridized carbons (Fsp3) is 0.167. The molecule has 1 aliphatic rings. The number of anilines is 1. The standard InChI is InChI=1S/C18H16N4O6S/c1-22(2)29(24,25)13-6-3-11(4-7-13)17-20-21-18(28-17)19-16(23)12-5-8-14-15(9-12)27-10-26-14/h3-9H,10H2,1-2H3,(H,19,21,23). The van der Waals surface area contributed by atoms with E-state index in [1.165, 1.54) is 26.2 Å². The molecule has 0 spiro atoms. The summed E-state index contributed by atoms with van der Waals surface area (Å²) in [7, 11) is -0.622. The maximum absolute atomic E-state index is 12.4. The highest BCUT2D eigenvalue weighted by atomic mass is 32.2. The number of rotatable bonds is 5. The van der Waals surface area contributed by atoms with Crippen LogP contribution in [0.1, 0.15) is 10.4 Å². The Balaban J connectivity index is 1.49. The number of hydrogen-bond acceptors (Lipinski definition) is 8. The van der Waals surface area contributed by atoms with Gasteiger partial charge in [-0.1, -0.05) is 5.10 Å². The predicted octanol–water partition coefficient (Wildman–Crippen LogP) is 1.97. The van der Waals surface area contributed by atoms with Crippen LogP contribution in [-0.2, 0) is 10.0 Å². The molecule has 1 aromatic heterocycles. The van der Waals surface area contributed by atoms with Crippen LogP contribution in [0.3, 0.4) is 0 Å². The highest BCUT2D eigenvalue weighted by Gasteiger charge is 2.19. The van der Waals surface area contributed by atoms with Gasteiger partial charge in [0.2, 0.25) is 22.7 Å². The summed E-state index contributed by atoms with van der Waals surface area (Å²) >= 11 is 0. The Morgan fingerprint density at radius 2 is 1.76 bits per heavy atom. The molecule has 0 saturated heterocycles. The molecule has 0 bridgehead atoms. The first-order chi connectivity index (χ1) is 13.8. The second kappa shape index (κ2) is 7.18. The van der Waals surface area contributed by atoms with Crippen molar-refractivity contribution >= 4 is 21.9 Å². The van der Waals surface area contributed by atoms with Gasteiger partial charge in [-0.15, -0.1) is 5.10 Å². The number of hydrogen-bond donors (Lipinski definition) is 1. The minimum atomic E-state index is -3.53.